The molecule has 27 heavy (non-hydrogen) atoms. The quantitative estimate of drug-likeness (QED) is 0.536. The van der Waals surface area contributed by atoms with Gasteiger partial charge in [0.25, 0.3) is 5.91 Å². The number of carbonyl (C=O) groups is 1. The molecule has 5 nitrogen and oxygen atoms in total. The van der Waals surface area contributed by atoms with Gasteiger partial charge in [-0.1, -0.05) is 35.3 Å². The van der Waals surface area contributed by atoms with E-state index in [1.54, 1.807) is 30.3 Å². The van der Waals surface area contributed by atoms with Crippen molar-refractivity contribution in [3.8, 4) is 11.5 Å². The lowest BCUT2D eigenvalue weighted by Crippen LogP contribution is -2.21. The van der Waals surface area contributed by atoms with Crippen molar-refractivity contribution in [2.24, 2.45) is 0 Å². The van der Waals surface area contributed by atoms with E-state index in [1.165, 1.54) is 0 Å². The van der Waals surface area contributed by atoms with Gasteiger partial charge in [-0.25, -0.2) is 0 Å². The van der Waals surface area contributed by atoms with E-state index in [2.05, 4.69) is 10.6 Å². The van der Waals surface area contributed by atoms with Crippen molar-refractivity contribution in [1.82, 2.24) is 10.6 Å². The molecule has 140 valence electrons. The summed E-state index contributed by atoms with van der Waals surface area (Å²) >= 11 is 17.0. The number of rotatable bonds is 6. The van der Waals surface area contributed by atoms with Crippen LogP contribution in [0.25, 0.3) is 6.08 Å². The standard InChI is InChI=1S/C19H16Cl2N2O3S/c1-2-25-17-8-11(7-15-18(24)23-19(27)22-15)3-6-16(17)26-10-12-4-5-13(20)9-14(12)21/h3-9H,2,10H2,1H3,(H2,22,23,24,27). The fourth-order valence-electron chi connectivity index (χ4n) is 2.45. The average molecular weight is 423 g/mol. The topological polar surface area (TPSA) is 59.6 Å². The Morgan fingerprint density at radius 1 is 1.07 bits per heavy atom. The second-order valence-electron chi connectivity index (χ2n) is 5.63. The predicted octanol–water partition coefficient (Wildman–Crippen LogP) is 4.32. The Labute approximate surface area is 172 Å². The third-order valence-corrected chi connectivity index (χ3v) is 4.49. The molecule has 0 unspecified atom stereocenters. The van der Waals surface area contributed by atoms with Gasteiger partial charge in [-0.05, 0) is 55.0 Å². The highest BCUT2D eigenvalue weighted by Gasteiger charge is 2.20. The van der Waals surface area contributed by atoms with Gasteiger partial charge in [0.15, 0.2) is 16.6 Å². The van der Waals surface area contributed by atoms with Crippen molar-refractivity contribution < 1.29 is 14.3 Å². The van der Waals surface area contributed by atoms with Crippen LogP contribution in [-0.4, -0.2) is 17.6 Å². The summed E-state index contributed by atoms with van der Waals surface area (Å²) in [6.45, 7) is 2.63. The predicted molar refractivity (Wildman–Crippen MR) is 110 cm³/mol. The van der Waals surface area contributed by atoms with Crippen molar-refractivity contribution >= 4 is 52.5 Å². The number of thiocarbonyl (C=S) groups is 1. The third kappa shape index (κ3) is 4.91. The molecule has 2 aromatic rings. The van der Waals surface area contributed by atoms with Crippen LogP contribution in [0, 0.1) is 0 Å². The zero-order valence-electron chi connectivity index (χ0n) is 14.3. The van der Waals surface area contributed by atoms with Crippen LogP contribution in [0.1, 0.15) is 18.1 Å². The van der Waals surface area contributed by atoms with Crippen molar-refractivity contribution in [1.29, 1.82) is 0 Å². The minimum absolute atomic E-state index is 0.268. The second kappa shape index (κ2) is 8.61. The fourth-order valence-corrected chi connectivity index (χ4v) is 3.11. The molecule has 0 spiro atoms. The highest BCUT2D eigenvalue weighted by atomic mass is 35.5. The summed E-state index contributed by atoms with van der Waals surface area (Å²) < 4.78 is 11.5. The molecule has 0 saturated carbocycles. The summed E-state index contributed by atoms with van der Waals surface area (Å²) in [6.07, 6.45) is 1.69. The summed E-state index contributed by atoms with van der Waals surface area (Å²) in [5.41, 5.74) is 1.97. The zero-order chi connectivity index (χ0) is 19.4. The van der Waals surface area contributed by atoms with Gasteiger partial charge < -0.3 is 14.8 Å². The molecule has 0 bridgehead atoms. The maximum absolute atomic E-state index is 11.8. The first kappa shape index (κ1) is 19.5. The zero-order valence-corrected chi connectivity index (χ0v) is 16.7. The lowest BCUT2D eigenvalue weighted by Gasteiger charge is -2.13. The maximum atomic E-state index is 11.8. The summed E-state index contributed by atoms with van der Waals surface area (Å²) in [4.78, 5) is 11.8. The number of amides is 1. The van der Waals surface area contributed by atoms with E-state index in [0.29, 0.717) is 33.8 Å². The van der Waals surface area contributed by atoms with E-state index in [1.807, 2.05) is 19.1 Å². The van der Waals surface area contributed by atoms with E-state index in [4.69, 9.17) is 44.9 Å². The van der Waals surface area contributed by atoms with Crippen LogP contribution in [0.2, 0.25) is 10.0 Å². The Balaban J connectivity index is 1.80. The molecule has 1 amide bonds. The number of carbonyl (C=O) groups excluding carboxylic acids is 1. The molecule has 1 aliphatic rings. The van der Waals surface area contributed by atoms with Crippen LogP contribution >= 0.6 is 35.4 Å². The minimum Gasteiger partial charge on any atom is -0.490 e. The van der Waals surface area contributed by atoms with Gasteiger partial charge in [-0.2, -0.15) is 0 Å². The monoisotopic (exact) mass is 422 g/mol. The van der Waals surface area contributed by atoms with Gasteiger partial charge >= 0.3 is 0 Å². The van der Waals surface area contributed by atoms with Gasteiger partial charge in [0, 0.05) is 15.6 Å². The first-order valence-electron chi connectivity index (χ1n) is 8.14. The molecule has 0 atom stereocenters. The molecule has 0 aliphatic carbocycles. The van der Waals surface area contributed by atoms with Gasteiger partial charge in [0.1, 0.15) is 12.3 Å². The summed E-state index contributed by atoms with van der Waals surface area (Å²) in [5, 5.41) is 6.73. The Hall–Kier alpha value is -2.28. The molecule has 8 heteroatoms. The van der Waals surface area contributed by atoms with Crippen molar-refractivity contribution in [2.45, 2.75) is 13.5 Å². The molecule has 1 heterocycles. The van der Waals surface area contributed by atoms with Gasteiger partial charge in [0.05, 0.1) is 6.61 Å². The van der Waals surface area contributed by atoms with Crippen LogP contribution < -0.4 is 20.1 Å². The Kier molecular flexibility index (Phi) is 6.21. The lowest BCUT2D eigenvalue weighted by atomic mass is 10.1. The van der Waals surface area contributed by atoms with Crippen molar-refractivity contribution in [3.63, 3.8) is 0 Å². The Morgan fingerprint density at radius 2 is 1.89 bits per heavy atom. The molecule has 2 aromatic carbocycles. The van der Waals surface area contributed by atoms with E-state index in [0.717, 1.165) is 11.1 Å². The summed E-state index contributed by atoms with van der Waals surface area (Å²) in [5.74, 6) is 0.873. The van der Waals surface area contributed by atoms with Gasteiger partial charge in [-0.15, -0.1) is 0 Å². The highest BCUT2D eigenvalue weighted by molar-refractivity contribution is 7.80. The lowest BCUT2D eigenvalue weighted by molar-refractivity contribution is -0.115. The summed E-state index contributed by atoms with van der Waals surface area (Å²) in [7, 11) is 0. The highest BCUT2D eigenvalue weighted by Crippen LogP contribution is 2.31. The maximum Gasteiger partial charge on any atom is 0.273 e. The molecule has 2 N–H and O–H groups in total. The second-order valence-corrected chi connectivity index (χ2v) is 6.88. The fraction of sp³-hybridized carbons (Fsp3) is 0.158. The first-order valence-corrected chi connectivity index (χ1v) is 9.30. The largest absolute Gasteiger partial charge is 0.490 e. The van der Waals surface area contributed by atoms with Gasteiger partial charge in [-0.3, -0.25) is 10.1 Å². The van der Waals surface area contributed by atoms with Gasteiger partial charge in [0.2, 0.25) is 0 Å². The number of hydrogen-bond acceptors (Lipinski definition) is 4. The number of halogens is 2. The van der Waals surface area contributed by atoms with Crippen LogP contribution in [0.3, 0.4) is 0 Å². The molecule has 0 radical (unpaired) electrons. The molecule has 1 fully saturated rings. The van der Waals surface area contributed by atoms with Crippen LogP contribution in [0.5, 0.6) is 11.5 Å². The van der Waals surface area contributed by atoms with Crippen LogP contribution in [0.15, 0.2) is 42.1 Å². The van der Waals surface area contributed by atoms with E-state index in [9.17, 15) is 4.79 Å². The molecular formula is C19H16Cl2N2O3S. The Bertz CT molecular complexity index is 931. The normalized spacial score (nSPS) is 14.9. The smallest absolute Gasteiger partial charge is 0.273 e. The van der Waals surface area contributed by atoms with Crippen LogP contribution in [-0.2, 0) is 11.4 Å². The molecule has 1 saturated heterocycles. The molecular weight excluding hydrogens is 407 g/mol. The first-order chi connectivity index (χ1) is 13.0. The third-order valence-electron chi connectivity index (χ3n) is 3.70. The number of ether oxygens (including phenoxy) is 2. The van der Waals surface area contributed by atoms with E-state index in [-0.39, 0.29) is 17.6 Å². The summed E-state index contributed by atoms with van der Waals surface area (Å²) in [6, 6.07) is 10.7. The average Bonchev–Trinajstić information content (AvgIpc) is 2.93. The SMILES string of the molecule is CCOc1cc(C=C2NC(=S)NC2=O)ccc1OCc1ccc(Cl)cc1Cl. The van der Waals surface area contributed by atoms with Crippen molar-refractivity contribution in [2.75, 3.05) is 6.61 Å². The number of nitrogens with one attached hydrogen (secondary N) is 2. The van der Waals surface area contributed by atoms with Crippen molar-refractivity contribution in [3.05, 3.63) is 63.3 Å². The van der Waals surface area contributed by atoms with E-state index >= 15 is 0 Å². The van der Waals surface area contributed by atoms with E-state index < -0.39 is 0 Å². The van der Waals surface area contributed by atoms with Crippen LogP contribution in [0.4, 0.5) is 0 Å². The number of hydrogen-bond donors (Lipinski definition) is 2. The Morgan fingerprint density at radius 3 is 2.56 bits per heavy atom. The molecule has 0 aromatic heterocycles. The molecule has 1 aliphatic heterocycles. The number of benzene rings is 2. The minimum atomic E-state index is -0.268. The molecule has 3 rings (SSSR count).